The van der Waals surface area contributed by atoms with E-state index in [1.54, 1.807) is 0 Å². The van der Waals surface area contributed by atoms with Crippen LogP contribution in [0.15, 0.2) is 24.3 Å². The molecule has 0 aliphatic carbocycles. The first kappa shape index (κ1) is 13.3. The molecule has 1 aromatic carbocycles. The highest BCUT2D eigenvalue weighted by molar-refractivity contribution is 8.13. The number of hydrogen-bond acceptors (Lipinski definition) is 3. The van der Waals surface area contributed by atoms with E-state index in [1.165, 1.54) is 0 Å². The minimum Gasteiger partial charge on any atom is -0.491 e. The standard InChI is InChI=1S/C11H15ClO3S/c1-9(2)15-11-5-3-10(4-6-11)7-8-16(12,13)14/h3-6,9H,7-8H2,1-2H3. The highest BCUT2D eigenvalue weighted by Crippen LogP contribution is 2.14. The fourth-order valence-electron chi connectivity index (χ4n) is 1.25. The highest BCUT2D eigenvalue weighted by Gasteiger charge is 2.05. The van der Waals surface area contributed by atoms with Crippen molar-refractivity contribution >= 4 is 19.7 Å². The molecule has 0 saturated carbocycles. The van der Waals surface area contributed by atoms with Gasteiger partial charge in [-0.25, -0.2) is 8.42 Å². The quantitative estimate of drug-likeness (QED) is 0.766. The Bertz CT molecular complexity index is 423. The monoisotopic (exact) mass is 262 g/mol. The van der Waals surface area contributed by atoms with E-state index in [2.05, 4.69) is 0 Å². The molecule has 0 aliphatic heterocycles. The Hall–Kier alpha value is -0.740. The van der Waals surface area contributed by atoms with Crippen LogP contribution in [0.5, 0.6) is 5.75 Å². The van der Waals surface area contributed by atoms with E-state index in [-0.39, 0.29) is 11.9 Å². The Morgan fingerprint density at radius 3 is 2.25 bits per heavy atom. The summed E-state index contributed by atoms with van der Waals surface area (Å²) in [4.78, 5) is 0. The molecule has 0 radical (unpaired) electrons. The second-order valence-corrected chi connectivity index (χ2v) is 6.70. The van der Waals surface area contributed by atoms with Crippen molar-refractivity contribution in [2.45, 2.75) is 26.4 Å². The van der Waals surface area contributed by atoms with Crippen molar-refractivity contribution in [1.29, 1.82) is 0 Å². The molecule has 0 fully saturated rings. The average molecular weight is 263 g/mol. The number of hydrogen-bond donors (Lipinski definition) is 0. The lowest BCUT2D eigenvalue weighted by molar-refractivity contribution is 0.242. The summed E-state index contributed by atoms with van der Waals surface area (Å²) in [6.45, 7) is 3.90. The summed E-state index contributed by atoms with van der Waals surface area (Å²) in [5.74, 6) is 0.742. The molecule has 16 heavy (non-hydrogen) atoms. The van der Waals surface area contributed by atoms with Gasteiger partial charge in [0.05, 0.1) is 11.9 Å². The van der Waals surface area contributed by atoms with Crippen molar-refractivity contribution in [3.8, 4) is 5.75 Å². The van der Waals surface area contributed by atoms with Crippen molar-refractivity contribution < 1.29 is 13.2 Å². The van der Waals surface area contributed by atoms with Gasteiger partial charge in [-0.2, -0.15) is 0 Å². The van der Waals surface area contributed by atoms with Gasteiger partial charge in [0.25, 0.3) is 0 Å². The van der Waals surface area contributed by atoms with Crippen LogP contribution < -0.4 is 4.74 Å². The largest absolute Gasteiger partial charge is 0.491 e. The molecule has 0 aliphatic rings. The van der Waals surface area contributed by atoms with Gasteiger partial charge in [0.2, 0.25) is 9.05 Å². The molecular formula is C11H15ClO3S. The van der Waals surface area contributed by atoms with Gasteiger partial charge in [-0.3, -0.25) is 0 Å². The van der Waals surface area contributed by atoms with Crippen LogP contribution in [0.3, 0.4) is 0 Å². The molecule has 0 saturated heterocycles. The minimum atomic E-state index is -3.41. The predicted molar refractivity (Wildman–Crippen MR) is 65.5 cm³/mol. The lowest BCUT2D eigenvalue weighted by Gasteiger charge is -2.09. The van der Waals surface area contributed by atoms with E-state index in [4.69, 9.17) is 15.4 Å². The van der Waals surface area contributed by atoms with Crippen LogP contribution in [0.1, 0.15) is 19.4 Å². The number of ether oxygens (including phenoxy) is 1. The normalized spacial score (nSPS) is 11.8. The zero-order valence-electron chi connectivity index (χ0n) is 9.31. The molecule has 0 heterocycles. The van der Waals surface area contributed by atoms with Crippen molar-refractivity contribution in [2.75, 3.05) is 5.75 Å². The van der Waals surface area contributed by atoms with E-state index in [9.17, 15) is 8.42 Å². The van der Waals surface area contributed by atoms with Crippen LogP contribution in [0.25, 0.3) is 0 Å². The van der Waals surface area contributed by atoms with Crippen molar-refractivity contribution in [2.24, 2.45) is 0 Å². The molecule has 0 unspecified atom stereocenters. The molecular weight excluding hydrogens is 248 g/mol. The van der Waals surface area contributed by atoms with Gasteiger partial charge in [0, 0.05) is 10.7 Å². The van der Waals surface area contributed by atoms with E-state index in [0.29, 0.717) is 6.42 Å². The zero-order chi connectivity index (χ0) is 12.2. The SMILES string of the molecule is CC(C)Oc1ccc(CCS(=O)(=O)Cl)cc1. The van der Waals surface area contributed by atoms with Crippen LogP contribution in [-0.2, 0) is 15.5 Å². The summed E-state index contributed by atoms with van der Waals surface area (Å²) in [6, 6.07) is 7.35. The van der Waals surface area contributed by atoms with Crippen LogP contribution in [0.4, 0.5) is 0 Å². The molecule has 5 heteroatoms. The molecule has 0 aromatic heterocycles. The first-order valence-electron chi connectivity index (χ1n) is 5.05. The van der Waals surface area contributed by atoms with E-state index in [1.807, 2.05) is 38.1 Å². The van der Waals surface area contributed by atoms with Crippen LogP contribution in [0.2, 0.25) is 0 Å². The molecule has 0 spiro atoms. The minimum absolute atomic E-state index is 0.0427. The summed E-state index contributed by atoms with van der Waals surface area (Å²) >= 11 is 0. The Morgan fingerprint density at radius 1 is 1.25 bits per heavy atom. The highest BCUT2D eigenvalue weighted by atomic mass is 35.7. The van der Waals surface area contributed by atoms with Crippen molar-refractivity contribution in [3.05, 3.63) is 29.8 Å². The fraction of sp³-hybridized carbons (Fsp3) is 0.455. The van der Waals surface area contributed by atoms with Crippen molar-refractivity contribution in [3.63, 3.8) is 0 Å². The number of benzene rings is 1. The van der Waals surface area contributed by atoms with Gasteiger partial charge >= 0.3 is 0 Å². The van der Waals surface area contributed by atoms with Crippen LogP contribution in [-0.4, -0.2) is 20.3 Å². The molecule has 0 amide bonds. The Morgan fingerprint density at radius 2 is 1.81 bits per heavy atom. The average Bonchev–Trinajstić information content (AvgIpc) is 2.14. The molecule has 0 N–H and O–H groups in total. The lowest BCUT2D eigenvalue weighted by atomic mass is 10.2. The second-order valence-electron chi connectivity index (χ2n) is 3.80. The van der Waals surface area contributed by atoms with Gasteiger partial charge < -0.3 is 4.74 Å². The van der Waals surface area contributed by atoms with Gasteiger partial charge in [-0.15, -0.1) is 0 Å². The smallest absolute Gasteiger partial charge is 0.232 e. The van der Waals surface area contributed by atoms with Gasteiger partial charge in [-0.05, 0) is 38.0 Å². The number of halogens is 1. The second kappa shape index (κ2) is 5.55. The molecule has 1 aromatic rings. The number of aryl methyl sites for hydroxylation is 1. The maximum atomic E-state index is 10.8. The van der Waals surface area contributed by atoms with Crippen LogP contribution >= 0.6 is 10.7 Å². The topological polar surface area (TPSA) is 43.4 Å². The van der Waals surface area contributed by atoms with Crippen molar-refractivity contribution in [1.82, 2.24) is 0 Å². The Labute approximate surface area is 101 Å². The predicted octanol–water partition coefficient (Wildman–Crippen LogP) is 2.58. The summed E-state index contributed by atoms with van der Waals surface area (Å²) in [5.41, 5.74) is 0.931. The zero-order valence-corrected chi connectivity index (χ0v) is 10.9. The molecule has 1 rings (SSSR count). The maximum Gasteiger partial charge on any atom is 0.232 e. The fourth-order valence-corrected chi connectivity index (χ4v) is 1.96. The molecule has 90 valence electrons. The molecule has 0 atom stereocenters. The Balaban J connectivity index is 2.58. The molecule has 3 nitrogen and oxygen atoms in total. The van der Waals surface area contributed by atoms with Gasteiger partial charge in [0.15, 0.2) is 0 Å². The van der Waals surface area contributed by atoms with Gasteiger partial charge in [0.1, 0.15) is 5.75 Å². The van der Waals surface area contributed by atoms with E-state index in [0.717, 1.165) is 11.3 Å². The summed E-state index contributed by atoms with van der Waals surface area (Å²) < 4.78 is 27.0. The Kier molecular flexibility index (Phi) is 4.62. The first-order chi connectivity index (χ1) is 7.37. The summed E-state index contributed by atoms with van der Waals surface area (Å²) in [5, 5.41) is 0. The first-order valence-corrected chi connectivity index (χ1v) is 7.52. The van der Waals surface area contributed by atoms with Gasteiger partial charge in [-0.1, -0.05) is 12.1 Å². The summed E-state index contributed by atoms with van der Waals surface area (Å²) in [6.07, 6.45) is 0.558. The van der Waals surface area contributed by atoms with E-state index < -0.39 is 9.05 Å². The third kappa shape index (κ3) is 5.37. The third-order valence-electron chi connectivity index (χ3n) is 1.93. The summed E-state index contributed by atoms with van der Waals surface area (Å²) in [7, 11) is 1.72. The van der Waals surface area contributed by atoms with Crippen LogP contribution in [0, 0.1) is 0 Å². The molecule has 0 bridgehead atoms. The maximum absolute atomic E-state index is 10.8. The number of rotatable bonds is 5. The van der Waals surface area contributed by atoms with E-state index >= 15 is 0 Å². The third-order valence-corrected chi connectivity index (χ3v) is 3.08. The lowest BCUT2D eigenvalue weighted by Crippen LogP contribution is -2.05.